The fourth-order valence-electron chi connectivity index (χ4n) is 3.67. The zero-order valence-corrected chi connectivity index (χ0v) is 16.8. The Bertz CT molecular complexity index is 737. The SMILES string of the molecule is COC(=O)C1(c2ccc(S(=O)(=O)N3CCC(C(C)N)CC3)cc2)CC1.Cl. The Morgan fingerprint density at radius 1 is 1.23 bits per heavy atom. The van der Waals surface area contributed by atoms with Crippen molar-refractivity contribution in [3.63, 3.8) is 0 Å². The third-order valence-corrected chi connectivity index (χ3v) is 7.53. The van der Waals surface area contributed by atoms with Gasteiger partial charge in [-0.1, -0.05) is 12.1 Å². The molecule has 1 aromatic rings. The molecule has 1 aromatic carbocycles. The van der Waals surface area contributed by atoms with E-state index < -0.39 is 15.4 Å². The third kappa shape index (κ3) is 3.76. The van der Waals surface area contributed by atoms with Crippen LogP contribution in [0.4, 0.5) is 0 Å². The van der Waals surface area contributed by atoms with Gasteiger partial charge in [-0.15, -0.1) is 12.4 Å². The summed E-state index contributed by atoms with van der Waals surface area (Å²) in [4.78, 5) is 12.2. The largest absolute Gasteiger partial charge is 0.468 e. The molecule has 1 aliphatic heterocycles. The van der Waals surface area contributed by atoms with Gasteiger partial charge in [0.25, 0.3) is 0 Å². The van der Waals surface area contributed by atoms with Gasteiger partial charge in [0.2, 0.25) is 10.0 Å². The third-order valence-electron chi connectivity index (χ3n) is 5.61. The number of ether oxygens (including phenoxy) is 1. The number of nitrogens with zero attached hydrogens (tertiary/aromatic N) is 1. The molecular formula is C18H27ClN2O4S. The van der Waals surface area contributed by atoms with Crippen molar-refractivity contribution in [1.29, 1.82) is 0 Å². The first-order valence-electron chi connectivity index (χ1n) is 8.76. The van der Waals surface area contributed by atoms with Crippen molar-refractivity contribution in [2.45, 2.75) is 49.0 Å². The first kappa shape index (κ1) is 21.2. The number of hydrogen-bond acceptors (Lipinski definition) is 5. The highest BCUT2D eigenvalue weighted by molar-refractivity contribution is 7.89. The molecule has 0 amide bonds. The van der Waals surface area contributed by atoms with Crippen molar-refractivity contribution in [1.82, 2.24) is 4.31 Å². The van der Waals surface area contributed by atoms with Crippen molar-refractivity contribution >= 4 is 28.4 Å². The van der Waals surface area contributed by atoms with E-state index in [2.05, 4.69) is 0 Å². The number of esters is 1. The van der Waals surface area contributed by atoms with Crippen LogP contribution in [-0.2, 0) is 25.0 Å². The molecule has 1 unspecified atom stereocenters. The lowest BCUT2D eigenvalue weighted by Gasteiger charge is -2.33. The molecule has 3 rings (SSSR count). The van der Waals surface area contributed by atoms with Crippen LogP contribution in [0, 0.1) is 5.92 Å². The molecule has 1 heterocycles. The van der Waals surface area contributed by atoms with Crippen molar-refractivity contribution in [3.8, 4) is 0 Å². The molecule has 1 aliphatic carbocycles. The number of nitrogens with two attached hydrogens (primary N) is 1. The number of methoxy groups -OCH3 is 1. The van der Waals surface area contributed by atoms with Gasteiger partial charge in [-0.2, -0.15) is 4.31 Å². The number of carbonyl (C=O) groups excluding carboxylic acids is 1. The van der Waals surface area contributed by atoms with E-state index in [1.807, 2.05) is 6.92 Å². The summed E-state index contributed by atoms with van der Waals surface area (Å²) in [5.74, 6) is 0.129. The summed E-state index contributed by atoms with van der Waals surface area (Å²) < 4.78 is 32.1. The van der Waals surface area contributed by atoms with Gasteiger partial charge in [0, 0.05) is 19.1 Å². The number of rotatable bonds is 5. The van der Waals surface area contributed by atoms with Gasteiger partial charge in [0.15, 0.2) is 0 Å². The van der Waals surface area contributed by atoms with Crippen LogP contribution < -0.4 is 5.73 Å². The molecule has 0 radical (unpaired) electrons. The smallest absolute Gasteiger partial charge is 0.316 e. The first-order chi connectivity index (χ1) is 11.8. The normalized spacial score (nSPS) is 21.5. The Kier molecular flexibility index (Phi) is 6.38. The second-order valence-corrected chi connectivity index (χ2v) is 9.14. The molecule has 1 atom stereocenters. The summed E-state index contributed by atoms with van der Waals surface area (Å²) in [6.45, 7) is 2.98. The summed E-state index contributed by atoms with van der Waals surface area (Å²) >= 11 is 0. The molecule has 2 fully saturated rings. The van der Waals surface area contributed by atoms with Crippen LogP contribution in [-0.4, -0.2) is 44.9 Å². The molecule has 8 heteroatoms. The van der Waals surface area contributed by atoms with Gasteiger partial charge in [-0.05, 0) is 56.2 Å². The summed E-state index contributed by atoms with van der Waals surface area (Å²) in [5, 5.41) is 0. The number of benzene rings is 1. The number of hydrogen-bond donors (Lipinski definition) is 1. The predicted molar refractivity (Wildman–Crippen MR) is 102 cm³/mol. The molecule has 0 bridgehead atoms. The van der Waals surface area contributed by atoms with Crippen molar-refractivity contribution < 1.29 is 17.9 Å². The standard InChI is InChI=1S/C18H26N2O4S.ClH/c1-13(19)14-7-11-20(12-8-14)25(22,23)16-5-3-15(4-6-16)18(9-10-18)17(21)24-2;/h3-6,13-14H,7-12,19H2,1-2H3;1H. The van der Waals surface area contributed by atoms with E-state index in [9.17, 15) is 13.2 Å². The highest BCUT2D eigenvalue weighted by Crippen LogP contribution is 2.49. The Labute approximate surface area is 161 Å². The van der Waals surface area contributed by atoms with Crippen LogP contribution in [0.15, 0.2) is 29.2 Å². The second-order valence-electron chi connectivity index (χ2n) is 7.20. The van der Waals surface area contributed by atoms with E-state index in [-0.39, 0.29) is 29.3 Å². The van der Waals surface area contributed by atoms with Crippen LogP contribution in [0.25, 0.3) is 0 Å². The maximum Gasteiger partial charge on any atom is 0.316 e. The van der Waals surface area contributed by atoms with Crippen LogP contribution >= 0.6 is 12.4 Å². The number of halogens is 1. The second kappa shape index (κ2) is 7.84. The van der Waals surface area contributed by atoms with Crippen LogP contribution in [0.2, 0.25) is 0 Å². The molecule has 26 heavy (non-hydrogen) atoms. The minimum Gasteiger partial charge on any atom is -0.468 e. The minimum absolute atomic E-state index is 0. The van der Waals surface area contributed by atoms with E-state index in [1.54, 1.807) is 24.3 Å². The zero-order chi connectivity index (χ0) is 18.2. The molecule has 1 saturated heterocycles. The molecule has 0 spiro atoms. The molecule has 0 aromatic heterocycles. The van der Waals surface area contributed by atoms with E-state index in [4.69, 9.17) is 10.5 Å². The van der Waals surface area contributed by atoms with Crippen LogP contribution in [0.3, 0.4) is 0 Å². The number of sulfonamides is 1. The Balaban J connectivity index is 0.00000243. The van der Waals surface area contributed by atoms with Crippen LogP contribution in [0.1, 0.15) is 38.2 Å². The average molecular weight is 403 g/mol. The van der Waals surface area contributed by atoms with Gasteiger partial charge in [0.05, 0.1) is 17.4 Å². The highest BCUT2D eigenvalue weighted by atomic mass is 35.5. The van der Waals surface area contributed by atoms with Gasteiger partial charge < -0.3 is 10.5 Å². The quantitative estimate of drug-likeness (QED) is 0.761. The van der Waals surface area contributed by atoms with Gasteiger partial charge in [-0.25, -0.2) is 8.42 Å². The lowest BCUT2D eigenvalue weighted by atomic mass is 9.92. The van der Waals surface area contributed by atoms with Gasteiger partial charge in [-0.3, -0.25) is 4.79 Å². The lowest BCUT2D eigenvalue weighted by molar-refractivity contribution is -0.143. The van der Waals surface area contributed by atoms with E-state index in [0.29, 0.717) is 19.0 Å². The topological polar surface area (TPSA) is 89.7 Å². The monoisotopic (exact) mass is 402 g/mol. The lowest BCUT2D eigenvalue weighted by Crippen LogP contribution is -2.42. The van der Waals surface area contributed by atoms with Crippen molar-refractivity contribution in [2.24, 2.45) is 11.7 Å². The van der Waals surface area contributed by atoms with Gasteiger partial charge in [0.1, 0.15) is 0 Å². The van der Waals surface area contributed by atoms with Crippen LogP contribution in [0.5, 0.6) is 0 Å². The fourth-order valence-corrected chi connectivity index (χ4v) is 5.14. The summed E-state index contributed by atoms with van der Waals surface area (Å²) in [7, 11) is -2.12. The van der Waals surface area contributed by atoms with E-state index >= 15 is 0 Å². The Morgan fingerprint density at radius 3 is 2.19 bits per heavy atom. The molecular weight excluding hydrogens is 376 g/mol. The molecule has 2 aliphatic rings. The number of piperidine rings is 1. The maximum atomic E-state index is 12.8. The van der Waals surface area contributed by atoms with E-state index in [1.165, 1.54) is 11.4 Å². The summed E-state index contributed by atoms with van der Waals surface area (Å²) in [5.41, 5.74) is 6.18. The first-order valence-corrected chi connectivity index (χ1v) is 10.2. The average Bonchev–Trinajstić information content (AvgIpc) is 3.43. The van der Waals surface area contributed by atoms with E-state index in [0.717, 1.165) is 31.2 Å². The molecule has 2 N–H and O–H groups in total. The molecule has 6 nitrogen and oxygen atoms in total. The molecule has 1 saturated carbocycles. The maximum absolute atomic E-state index is 12.8. The minimum atomic E-state index is -3.50. The van der Waals surface area contributed by atoms with Crippen molar-refractivity contribution in [2.75, 3.05) is 20.2 Å². The fraction of sp³-hybridized carbons (Fsp3) is 0.611. The molecule has 146 valence electrons. The van der Waals surface area contributed by atoms with Crippen molar-refractivity contribution in [3.05, 3.63) is 29.8 Å². The Morgan fingerprint density at radius 2 is 1.77 bits per heavy atom. The number of carbonyl (C=O) groups is 1. The van der Waals surface area contributed by atoms with Gasteiger partial charge >= 0.3 is 5.97 Å². The summed E-state index contributed by atoms with van der Waals surface area (Å²) in [6.07, 6.45) is 3.08. The highest BCUT2D eigenvalue weighted by Gasteiger charge is 2.52. The summed E-state index contributed by atoms with van der Waals surface area (Å²) in [6, 6.07) is 6.78. The Hall–Kier alpha value is -1.15. The predicted octanol–water partition coefficient (Wildman–Crippen LogP) is 2.06. The zero-order valence-electron chi connectivity index (χ0n) is 15.2.